The molecule has 3 heterocycles. The molecule has 160 valence electrons. The molecule has 0 atom stereocenters. The Hall–Kier alpha value is -2.80. The molecule has 2 amide bonds. The Balaban J connectivity index is 1.20. The van der Waals surface area contributed by atoms with E-state index in [1.807, 2.05) is 41.3 Å². The summed E-state index contributed by atoms with van der Waals surface area (Å²) in [5.74, 6) is 1.64. The number of amides is 2. The van der Waals surface area contributed by atoms with E-state index in [-0.39, 0.29) is 12.1 Å². The van der Waals surface area contributed by atoms with E-state index >= 15 is 0 Å². The van der Waals surface area contributed by atoms with Gasteiger partial charge in [0.2, 0.25) is 0 Å². The van der Waals surface area contributed by atoms with Crippen molar-refractivity contribution in [3.8, 4) is 11.5 Å². The van der Waals surface area contributed by atoms with Gasteiger partial charge >= 0.3 is 6.03 Å². The number of hydrogen-bond donors (Lipinski definition) is 1. The van der Waals surface area contributed by atoms with E-state index in [2.05, 4.69) is 15.2 Å². The first-order valence-corrected chi connectivity index (χ1v) is 10.7. The first-order chi connectivity index (χ1) is 14.7. The minimum atomic E-state index is -0.0360. The number of piperidine rings is 2. The number of carbonyl (C=O) groups is 1. The molecule has 1 N–H and O–H groups in total. The number of ether oxygens (including phenoxy) is 2. The van der Waals surface area contributed by atoms with Gasteiger partial charge in [-0.3, -0.25) is 9.88 Å². The van der Waals surface area contributed by atoms with Crippen LogP contribution in [0.5, 0.6) is 11.5 Å². The van der Waals surface area contributed by atoms with Gasteiger partial charge in [0.15, 0.2) is 0 Å². The Morgan fingerprint density at radius 2 is 1.73 bits per heavy atom. The maximum absolute atomic E-state index is 12.6. The van der Waals surface area contributed by atoms with E-state index in [9.17, 15) is 4.79 Å². The number of nitrogens with zero attached hydrogens (tertiary/aromatic N) is 3. The van der Waals surface area contributed by atoms with Crippen molar-refractivity contribution in [3.05, 3.63) is 48.8 Å². The molecule has 30 heavy (non-hydrogen) atoms. The Labute approximate surface area is 178 Å². The Morgan fingerprint density at radius 1 is 1.00 bits per heavy atom. The predicted octanol–water partition coefficient (Wildman–Crippen LogP) is 3.63. The van der Waals surface area contributed by atoms with Crippen LogP contribution in [0.1, 0.15) is 25.7 Å². The van der Waals surface area contributed by atoms with E-state index in [1.165, 1.54) is 0 Å². The highest BCUT2D eigenvalue weighted by Crippen LogP contribution is 2.24. The lowest BCUT2D eigenvalue weighted by Crippen LogP contribution is -2.50. The number of hydrogen-bond acceptors (Lipinski definition) is 5. The number of likely N-dealkylation sites (tertiary alicyclic amines) is 2. The molecule has 7 heteroatoms. The average molecular weight is 411 g/mol. The lowest BCUT2D eigenvalue weighted by Gasteiger charge is -2.41. The molecular weight excluding hydrogens is 380 g/mol. The molecule has 2 aromatic rings. The summed E-state index contributed by atoms with van der Waals surface area (Å²) in [4.78, 5) is 21.1. The number of nitrogens with one attached hydrogen (secondary N) is 1. The van der Waals surface area contributed by atoms with Gasteiger partial charge in [-0.05, 0) is 49.9 Å². The third-order valence-electron chi connectivity index (χ3n) is 6.02. The lowest BCUT2D eigenvalue weighted by molar-refractivity contribution is 0.0545. The number of benzene rings is 1. The van der Waals surface area contributed by atoms with Crippen LogP contribution in [0.25, 0.3) is 0 Å². The fraction of sp³-hybridized carbons (Fsp3) is 0.478. The summed E-state index contributed by atoms with van der Waals surface area (Å²) in [6, 6.07) is 11.8. The monoisotopic (exact) mass is 410 g/mol. The Kier molecular flexibility index (Phi) is 6.69. The zero-order valence-electron chi connectivity index (χ0n) is 17.5. The quantitative estimate of drug-likeness (QED) is 0.815. The van der Waals surface area contributed by atoms with Gasteiger partial charge in [-0.25, -0.2) is 4.79 Å². The molecule has 2 aliphatic rings. The van der Waals surface area contributed by atoms with Gasteiger partial charge in [-0.15, -0.1) is 0 Å². The van der Waals surface area contributed by atoms with Crippen LogP contribution in [0, 0.1) is 0 Å². The van der Waals surface area contributed by atoms with E-state index in [4.69, 9.17) is 9.47 Å². The minimum Gasteiger partial charge on any atom is -0.497 e. The molecule has 0 radical (unpaired) electrons. The number of anilines is 1. The van der Waals surface area contributed by atoms with E-state index in [0.717, 1.165) is 69.0 Å². The van der Waals surface area contributed by atoms with Crippen molar-refractivity contribution >= 4 is 11.7 Å². The van der Waals surface area contributed by atoms with Gasteiger partial charge in [0.25, 0.3) is 0 Å². The van der Waals surface area contributed by atoms with E-state index < -0.39 is 0 Å². The highest BCUT2D eigenvalue weighted by Gasteiger charge is 2.30. The molecule has 1 aromatic carbocycles. The van der Waals surface area contributed by atoms with Crippen molar-refractivity contribution in [2.45, 2.75) is 37.8 Å². The molecule has 1 aromatic heterocycles. The maximum atomic E-state index is 12.6. The van der Waals surface area contributed by atoms with Crippen LogP contribution >= 0.6 is 0 Å². The fourth-order valence-corrected chi connectivity index (χ4v) is 4.31. The second-order valence-corrected chi connectivity index (χ2v) is 7.92. The van der Waals surface area contributed by atoms with Gasteiger partial charge in [-0.1, -0.05) is 6.07 Å². The van der Waals surface area contributed by atoms with Crippen LogP contribution in [0.2, 0.25) is 0 Å². The molecule has 2 aliphatic heterocycles. The first-order valence-electron chi connectivity index (χ1n) is 10.7. The van der Waals surface area contributed by atoms with Crippen molar-refractivity contribution in [1.82, 2.24) is 14.8 Å². The van der Waals surface area contributed by atoms with Crippen molar-refractivity contribution in [2.75, 3.05) is 38.6 Å². The van der Waals surface area contributed by atoms with Crippen LogP contribution in [0.3, 0.4) is 0 Å². The average Bonchev–Trinajstić information content (AvgIpc) is 2.80. The normalized spacial score (nSPS) is 18.8. The number of urea groups is 1. The number of carbonyl (C=O) groups excluding carboxylic acids is 1. The van der Waals surface area contributed by atoms with Gasteiger partial charge < -0.3 is 19.7 Å². The smallest absolute Gasteiger partial charge is 0.321 e. The number of pyridine rings is 1. The minimum absolute atomic E-state index is 0.0360. The summed E-state index contributed by atoms with van der Waals surface area (Å²) in [7, 11) is 1.62. The third-order valence-corrected chi connectivity index (χ3v) is 6.02. The largest absolute Gasteiger partial charge is 0.497 e. The fourth-order valence-electron chi connectivity index (χ4n) is 4.31. The molecule has 0 bridgehead atoms. The van der Waals surface area contributed by atoms with Gasteiger partial charge in [-0.2, -0.15) is 0 Å². The van der Waals surface area contributed by atoms with Crippen LogP contribution in [-0.4, -0.2) is 66.2 Å². The number of aromatic nitrogens is 1. The molecule has 0 unspecified atom stereocenters. The first kappa shape index (κ1) is 20.5. The van der Waals surface area contributed by atoms with Gasteiger partial charge in [0.1, 0.15) is 17.6 Å². The third kappa shape index (κ3) is 5.21. The molecule has 4 rings (SSSR count). The summed E-state index contributed by atoms with van der Waals surface area (Å²) in [5.41, 5.74) is 0.762. The Morgan fingerprint density at radius 3 is 2.43 bits per heavy atom. The molecular formula is C23H30N4O3. The summed E-state index contributed by atoms with van der Waals surface area (Å²) < 4.78 is 11.3. The zero-order chi connectivity index (χ0) is 20.8. The summed E-state index contributed by atoms with van der Waals surface area (Å²) in [6.07, 6.45) is 7.92. The van der Waals surface area contributed by atoms with Crippen molar-refractivity contribution in [2.24, 2.45) is 0 Å². The van der Waals surface area contributed by atoms with Crippen LogP contribution in [0.15, 0.2) is 48.8 Å². The van der Waals surface area contributed by atoms with Crippen molar-refractivity contribution in [3.63, 3.8) is 0 Å². The number of rotatable bonds is 5. The van der Waals surface area contributed by atoms with Gasteiger partial charge in [0, 0.05) is 56.4 Å². The molecule has 0 aliphatic carbocycles. The van der Waals surface area contributed by atoms with Crippen LogP contribution < -0.4 is 14.8 Å². The topological polar surface area (TPSA) is 66.9 Å². The van der Waals surface area contributed by atoms with Crippen molar-refractivity contribution in [1.29, 1.82) is 0 Å². The SMILES string of the molecule is COc1cccc(NC(=O)N2CCC(N3CCC(Oc4ccncc4)CC3)CC2)c1. The maximum Gasteiger partial charge on any atom is 0.321 e. The van der Waals surface area contributed by atoms with E-state index in [1.54, 1.807) is 19.5 Å². The molecule has 0 spiro atoms. The molecule has 7 nitrogen and oxygen atoms in total. The van der Waals surface area contributed by atoms with Crippen LogP contribution in [-0.2, 0) is 0 Å². The second kappa shape index (κ2) is 9.80. The van der Waals surface area contributed by atoms with E-state index in [0.29, 0.717) is 6.04 Å². The summed E-state index contributed by atoms with van der Waals surface area (Å²) in [5, 5.41) is 2.98. The molecule has 0 saturated carbocycles. The predicted molar refractivity (Wildman–Crippen MR) is 116 cm³/mol. The summed E-state index contributed by atoms with van der Waals surface area (Å²) >= 11 is 0. The standard InChI is InChI=1S/C23H30N4O3/c1-29-22-4-2-3-18(17-22)25-23(28)27-13-7-19(8-14-27)26-15-9-21(10-16-26)30-20-5-11-24-12-6-20/h2-6,11-12,17,19,21H,7-10,13-16H2,1H3,(H,25,28). The highest BCUT2D eigenvalue weighted by molar-refractivity contribution is 5.89. The number of methoxy groups -OCH3 is 1. The zero-order valence-corrected chi connectivity index (χ0v) is 17.5. The van der Waals surface area contributed by atoms with Crippen LogP contribution in [0.4, 0.5) is 10.5 Å². The van der Waals surface area contributed by atoms with Crippen molar-refractivity contribution < 1.29 is 14.3 Å². The molecule has 2 fully saturated rings. The second-order valence-electron chi connectivity index (χ2n) is 7.92. The lowest BCUT2D eigenvalue weighted by atomic mass is 9.99. The highest BCUT2D eigenvalue weighted by atomic mass is 16.5. The van der Waals surface area contributed by atoms with Gasteiger partial charge in [0.05, 0.1) is 7.11 Å². The Bertz CT molecular complexity index is 816. The summed E-state index contributed by atoms with van der Waals surface area (Å²) in [6.45, 7) is 3.68. The molecule has 2 saturated heterocycles.